The fraction of sp³-hybridized carbons (Fsp3) is 0.800. The number of ketones is 1. The predicted octanol–water partition coefficient (Wildman–Crippen LogP) is 3.79. The number of likely N-dealkylation sites (tertiary alicyclic amines) is 1. The van der Waals surface area contributed by atoms with Crippen molar-refractivity contribution >= 4 is 11.5 Å². The predicted molar refractivity (Wildman–Crippen MR) is 146 cm³/mol. The maximum absolute atomic E-state index is 13.1. The highest BCUT2D eigenvalue weighted by Gasteiger charge is 2.41. The first-order chi connectivity index (χ1) is 17.4. The van der Waals surface area contributed by atoms with E-state index in [0.29, 0.717) is 53.7 Å². The van der Waals surface area contributed by atoms with Gasteiger partial charge in [-0.1, -0.05) is 0 Å². The van der Waals surface area contributed by atoms with Gasteiger partial charge in [-0.15, -0.1) is 0 Å². The number of nitrogens with zero attached hydrogens (tertiary/aromatic N) is 2. The highest BCUT2D eigenvalue weighted by atomic mass is 16.1. The number of carbonyl (C=O) groups excluding carboxylic acids is 1. The summed E-state index contributed by atoms with van der Waals surface area (Å²) in [6, 6.07) is 7.13. The van der Waals surface area contributed by atoms with E-state index < -0.39 is 0 Å². The molecule has 36 heavy (non-hydrogen) atoms. The Morgan fingerprint density at radius 3 is 2.39 bits per heavy atom. The lowest BCUT2D eigenvalue weighted by Crippen LogP contribution is -2.59. The van der Waals surface area contributed by atoms with Gasteiger partial charge in [0.2, 0.25) is 0 Å². The molecule has 1 aromatic heterocycles. The quantitative estimate of drug-likeness (QED) is 0.501. The minimum atomic E-state index is 0.291. The van der Waals surface area contributed by atoms with Crippen LogP contribution in [-0.4, -0.2) is 54.5 Å². The summed E-state index contributed by atoms with van der Waals surface area (Å²) in [6.07, 6.45) is 19.1. The molecular weight excluding hydrogens is 446 g/mol. The highest BCUT2D eigenvalue weighted by molar-refractivity contribution is 5.81. The molecular formula is C30H50N5O+. The number of hydrogen-bond acceptors (Lipinski definition) is 5. The number of fused-ring (bicyclic) bond motifs is 1. The molecule has 3 saturated carbocycles. The second kappa shape index (κ2) is 11.9. The van der Waals surface area contributed by atoms with Crippen molar-refractivity contribution in [2.45, 2.75) is 114 Å². The average Bonchev–Trinajstić information content (AvgIpc) is 2.88. The molecule has 6 heteroatoms. The van der Waals surface area contributed by atoms with Crippen molar-refractivity contribution in [2.75, 3.05) is 18.9 Å². The number of pyridine rings is 1. The molecule has 4 aliphatic rings. The SMILES string of the molecule is CN1CCC(NC2CCC(CC(=O)C3CCC(Nc4cc[n+](C)cc4)CC3)CC2)C2C[C@@H](N)CCC21. The van der Waals surface area contributed by atoms with Gasteiger partial charge >= 0.3 is 0 Å². The Morgan fingerprint density at radius 1 is 0.972 bits per heavy atom. The fourth-order valence-corrected chi connectivity index (χ4v) is 7.81. The first-order valence-electron chi connectivity index (χ1n) is 14.9. The molecule has 5 rings (SSSR count). The van der Waals surface area contributed by atoms with Crippen molar-refractivity contribution < 1.29 is 9.36 Å². The number of anilines is 1. The van der Waals surface area contributed by atoms with Crippen molar-refractivity contribution in [1.29, 1.82) is 0 Å². The van der Waals surface area contributed by atoms with Crippen LogP contribution < -0.4 is 20.9 Å². The summed E-state index contributed by atoms with van der Waals surface area (Å²) in [5.74, 6) is 2.15. The van der Waals surface area contributed by atoms with Gasteiger partial charge in [-0.25, -0.2) is 4.57 Å². The Morgan fingerprint density at radius 2 is 1.67 bits per heavy atom. The maximum Gasteiger partial charge on any atom is 0.170 e. The van der Waals surface area contributed by atoms with Gasteiger partial charge in [0, 0.05) is 60.4 Å². The van der Waals surface area contributed by atoms with E-state index in [1.165, 1.54) is 63.6 Å². The molecule has 2 heterocycles. The summed E-state index contributed by atoms with van der Waals surface area (Å²) in [6.45, 7) is 1.21. The number of aromatic nitrogens is 1. The number of piperidine rings is 1. The molecule has 1 saturated heterocycles. The van der Waals surface area contributed by atoms with E-state index >= 15 is 0 Å². The lowest BCUT2D eigenvalue weighted by molar-refractivity contribution is -0.671. The van der Waals surface area contributed by atoms with E-state index in [1.54, 1.807) is 0 Å². The van der Waals surface area contributed by atoms with E-state index in [2.05, 4.69) is 51.7 Å². The second-order valence-corrected chi connectivity index (χ2v) is 12.7. The Balaban J connectivity index is 1.02. The monoisotopic (exact) mass is 496 g/mol. The van der Waals surface area contributed by atoms with Gasteiger partial charge in [0.15, 0.2) is 12.4 Å². The molecule has 0 radical (unpaired) electrons. The molecule has 4 atom stereocenters. The van der Waals surface area contributed by atoms with Gasteiger partial charge in [-0.2, -0.15) is 0 Å². The zero-order valence-electron chi connectivity index (χ0n) is 22.7. The van der Waals surface area contributed by atoms with Crippen molar-refractivity contribution in [1.82, 2.24) is 10.2 Å². The van der Waals surface area contributed by atoms with Crippen LogP contribution in [0.2, 0.25) is 0 Å². The van der Waals surface area contributed by atoms with Gasteiger partial charge in [0.25, 0.3) is 0 Å². The van der Waals surface area contributed by atoms with Crippen LogP contribution in [0.25, 0.3) is 0 Å². The van der Waals surface area contributed by atoms with Gasteiger partial charge in [-0.05, 0) is 102 Å². The minimum Gasteiger partial charge on any atom is -0.382 e. The van der Waals surface area contributed by atoms with Gasteiger partial charge in [0.05, 0.1) is 0 Å². The minimum absolute atomic E-state index is 0.291. The molecule has 4 fully saturated rings. The lowest BCUT2D eigenvalue weighted by atomic mass is 9.73. The third-order valence-electron chi connectivity index (χ3n) is 10.1. The van der Waals surface area contributed by atoms with Crippen molar-refractivity contribution in [3.8, 4) is 0 Å². The number of nitrogens with one attached hydrogen (secondary N) is 2. The fourth-order valence-electron chi connectivity index (χ4n) is 7.81. The first kappa shape index (κ1) is 26.1. The topological polar surface area (TPSA) is 74.3 Å². The number of aryl methyl sites for hydroxylation is 1. The Bertz CT molecular complexity index is 843. The summed E-state index contributed by atoms with van der Waals surface area (Å²) >= 11 is 0. The first-order valence-corrected chi connectivity index (χ1v) is 14.9. The standard InChI is InChI=1S/C30H49N5O/c1-34-16-13-26(14-17-34)32-24-10-5-22(6-11-24)30(36)19-21-3-8-25(9-4-21)33-28-15-18-35(2)29-12-7-23(31)20-27(28)29/h13-14,16-17,21-25,27-29,33H,3-12,15,18-20,31H2,1-2H3/p+1/t21?,22?,23-,24?,25?,27?,28?,29?/m0/s1. The van der Waals surface area contributed by atoms with Crippen LogP contribution in [0.3, 0.4) is 0 Å². The number of carbonyl (C=O) groups is 1. The molecule has 6 nitrogen and oxygen atoms in total. The summed E-state index contributed by atoms with van der Waals surface area (Å²) in [5, 5.41) is 7.76. The zero-order chi connectivity index (χ0) is 25.1. The molecule has 0 bridgehead atoms. The van der Waals surface area contributed by atoms with Crippen molar-refractivity contribution in [3.05, 3.63) is 24.5 Å². The summed E-state index contributed by atoms with van der Waals surface area (Å²) in [4.78, 5) is 15.7. The van der Waals surface area contributed by atoms with E-state index in [0.717, 1.165) is 32.1 Å². The molecule has 4 N–H and O–H groups in total. The third kappa shape index (κ3) is 6.49. The molecule has 0 spiro atoms. The second-order valence-electron chi connectivity index (χ2n) is 12.7. The number of nitrogens with two attached hydrogens (primary N) is 1. The van der Waals surface area contributed by atoms with Crippen LogP contribution >= 0.6 is 0 Å². The van der Waals surface area contributed by atoms with Crippen LogP contribution in [0.4, 0.5) is 5.69 Å². The summed E-state index contributed by atoms with van der Waals surface area (Å²) in [7, 11) is 4.35. The van der Waals surface area contributed by atoms with Crippen LogP contribution in [0.15, 0.2) is 24.5 Å². The number of Topliss-reactive ketones (excluding diaryl/α,β-unsaturated/α-hetero) is 1. The highest BCUT2D eigenvalue weighted by Crippen LogP contribution is 2.37. The van der Waals surface area contributed by atoms with Gasteiger partial charge < -0.3 is 21.3 Å². The van der Waals surface area contributed by atoms with E-state index in [9.17, 15) is 4.79 Å². The molecule has 1 aliphatic heterocycles. The largest absolute Gasteiger partial charge is 0.382 e. The molecule has 0 amide bonds. The molecule has 200 valence electrons. The normalized spacial score (nSPS) is 37.8. The Labute approximate surface area is 218 Å². The third-order valence-corrected chi connectivity index (χ3v) is 10.1. The van der Waals surface area contributed by atoms with Crippen LogP contribution in [0, 0.1) is 17.8 Å². The Hall–Kier alpha value is -1.50. The van der Waals surface area contributed by atoms with E-state index in [1.807, 2.05) is 7.05 Å². The van der Waals surface area contributed by atoms with Gasteiger partial charge in [-0.3, -0.25) is 4.79 Å². The smallest absolute Gasteiger partial charge is 0.170 e. The Kier molecular flexibility index (Phi) is 8.64. The van der Waals surface area contributed by atoms with Gasteiger partial charge in [0.1, 0.15) is 12.8 Å². The van der Waals surface area contributed by atoms with Crippen molar-refractivity contribution in [2.24, 2.45) is 30.5 Å². The summed E-state index contributed by atoms with van der Waals surface area (Å²) < 4.78 is 2.06. The number of rotatable bonds is 7. The van der Waals surface area contributed by atoms with Crippen LogP contribution in [0.1, 0.15) is 83.5 Å². The lowest BCUT2D eigenvalue weighted by Gasteiger charge is -2.49. The maximum atomic E-state index is 13.1. The number of hydrogen-bond donors (Lipinski definition) is 3. The summed E-state index contributed by atoms with van der Waals surface area (Å²) in [5.41, 5.74) is 7.56. The molecule has 1 aromatic rings. The molecule has 0 aromatic carbocycles. The zero-order valence-corrected chi connectivity index (χ0v) is 22.7. The average molecular weight is 497 g/mol. The van der Waals surface area contributed by atoms with Crippen molar-refractivity contribution in [3.63, 3.8) is 0 Å². The van der Waals surface area contributed by atoms with Crippen LogP contribution in [-0.2, 0) is 11.8 Å². The molecule has 3 aliphatic carbocycles. The van der Waals surface area contributed by atoms with Crippen LogP contribution in [0.5, 0.6) is 0 Å². The molecule has 3 unspecified atom stereocenters. The van der Waals surface area contributed by atoms with E-state index in [-0.39, 0.29) is 0 Å². The van der Waals surface area contributed by atoms with E-state index in [4.69, 9.17) is 5.73 Å².